The monoisotopic (exact) mass is 866 g/mol. The van der Waals surface area contributed by atoms with Crippen molar-refractivity contribution < 1.29 is 53.1 Å². The molecule has 1 aromatic carbocycles. The Morgan fingerprint density at radius 2 is 1.53 bits per heavy atom. The second kappa shape index (κ2) is 22.6. The summed E-state index contributed by atoms with van der Waals surface area (Å²) in [6.07, 6.45) is 6.77. The standard InChI is InChI=1S/C50H75NO11/c1-10-36-23-30(2)22-31(3)24-45(59-8)47-46(60-9)26-33(5)50(57,62-47)48(55)49(56)51-21-15-14-18-39(51)42(54)28-38(34(6)40(52)29-41(36)53)32(4)25-35-19-20-43(44(27-35)58-7)61-37-16-12-11-13-17-37/h11-13,16-17,23,25,31,33-36,38-40,43-47,52,57H,10,14-15,18-22,24,26-29H2,1-9H3/b30-23+,32-25+/t31-,33+,34-,35-,36+,38+,39-,40-,43+,44+,45-,46-,47+,50+/m0/s1. The molecular weight excluding hydrogens is 791 g/mol. The highest BCUT2D eigenvalue weighted by Gasteiger charge is 2.56. The Bertz CT molecular complexity index is 1730. The summed E-state index contributed by atoms with van der Waals surface area (Å²) >= 11 is 0. The topological polar surface area (TPSA) is 158 Å². The summed E-state index contributed by atoms with van der Waals surface area (Å²) in [6.45, 7) is 11.8. The zero-order valence-electron chi connectivity index (χ0n) is 38.8. The third-order valence-corrected chi connectivity index (χ3v) is 14.5. The number of nitrogens with zero attached hydrogens (tertiary/aromatic N) is 1. The van der Waals surface area contributed by atoms with Crippen LogP contribution in [0.5, 0.6) is 5.75 Å². The second-order valence-electron chi connectivity index (χ2n) is 19.0. The van der Waals surface area contributed by atoms with Gasteiger partial charge >= 0.3 is 0 Å². The van der Waals surface area contributed by atoms with E-state index in [1.165, 1.54) is 4.90 Å². The van der Waals surface area contributed by atoms with Crippen molar-refractivity contribution in [3.8, 4) is 5.75 Å². The smallest absolute Gasteiger partial charge is 0.296 e. The fourth-order valence-corrected chi connectivity index (χ4v) is 10.7. The summed E-state index contributed by atoms with van der Waals surface area (Å²) in [4.78, 5) is 58.7. The Labute approximate surface area is 370 Å². The summed E-state index contributed by atoms with van der Waals surface area (Å²) < 4.78 is 30.4. The van der Waals surface area contributed by atoms with Crippen LogP contribution in [0.3, 0.4) is 0 Å². The highest BCUT2D eigenvalue weighted by molar-refractivity contribution is 6.39. The molecule has 2 N–H and O–H groups in total. The van der Waals surface area contributed by atoms with Crippen molar-refractivity contribution in [2.45, 2.75) is 167 Å². The number of hydrogen-bond donors (Lipinski definition) is 2. The van der Waals surface area contributed by atoms with Crippen LogP contribution in [-0.2, 0) is 38.1 Å². The Kier molecular flexibility index (Phi) is 18.1. The fraction of sp³-hybridized carbons (Fsp3) is 0.720. The number of Topliss-reactive ketones (excluding diaryl/α,β-unsaturated/α-hetero) is 3. The zero-order valence-corrected chi connectivity index (χ0v) is 38.8. The van der Waals surface area contributed by atoms with Gasteiger partial charge in [0.2, 0.25) is 5.79 Å². The third kappa shape index (κ3) is 11.9. The van der Waals surface area contributed by atoms with Crippen LogP contribution in [0.15, 0.2) is 53.6 Å². The first-order valence-electron chi connectivity index (χ1n) is 23.2. The van der Waals surface area contributed by atoms with Gasteiger partial charge in [0, 0.05) is 52.6 Å². The molecule has 3 heterocycles. The maximum absolute atomic E-state index is 14.7. The molecule has 0 unspecified atom stereocenters. The van der Waals surface area contributed by atoms with Gasteiger partial charge in [0.05, 0.1) is 30.5 Å². The summed E-state index contributed by atoms with van der Waals surface area (Å²) in [6, 6.07) is 8.81. The van der Waals surface area contributed by atoms with Crippen LogP contribution in [0.2, 0.25) is 0 Å². The molecule has 1 saturated carbocycles. The molecule has 3 aliphatic heterocycles. The molecule has 0 spiro atoms. The largest absolute Gasteiger partial charge is 0.488 e. The van der Waals surface area contributed by atoms with Crippen LogP contribution in [0, 0.1) is 35.5 Å². The molecule has 14 atom stereocenters. The van der Waals surface area contributed by atoms with Gasteiger partial charge in [0.1, 0.15) is 23.7 Å². The van der Waals surface area contributed by atoms with Gasteiger partial charge in [-0.1, -0.05) is 69.2 Å². The maximum atomic E-state index is 14.7. The van der Waals surface area contributed by atoms with Gasteiger partial charge < -0.3 is 38.8 Å². The Hall–Kier alpha value is -3.26. The maximum Gasteiger partial charge on any atom is 0.296 e. The molecule has 12 heteroatoms. The van der Waals surface area contributed by atoms with Gasteiger partial charge in [-0.05, 0) is 114 Å². The van der Waals surface area contributed by atoms with Crippen LogP contribution in [0.4, 0.5) is 0 Å². The van der Waals surface area contributed by atoms with Crippen molar-refractivity contribution in [2.24, 2.45) is 35.5 Å². The lowest BCUT2D eigenvalue weighted by molar-refractivity contribution is -0.302. The SMILES string of the molecule is CC[C@@H]1/C=C(\C)C[C@H](C)C[C@H](OC)[C@H]2O[C@@](O)(C(=O)C(=O)N3CCCC[C@H]3C(=O)C[C@H](/C(C)=C/[C@@H]3CC[C@@H](Oc4ccccc4)[C@H](OC)C3)[C@H](C)[C@@H](O)CC1=O)[C@H](C)C[C@@H]2OC. The Balaban J connectivity index is 1.49. The van der Waals surface area contributed by atoms with Gasteiger partial charge in [-0.25, -0.2) is 0 Å². The number of fused-ring (bicyclic) bond motifs is 3. The molecule has 346 valence electrons. The van der Waals surface area contributed by atoms with E-state index in [0.29, 0.717) is 44.9 Å². The van der Waals surface area contributed by atoms with Crippen LogP contribution in [0.25, 0.3) is 0 Å². The molecule has 2 bridgehead atoms. The lowest BCUT2D eigenvalue weighted by Gasteiger charge is -2.47. The molecule has 0 aromatic heterocycles. The molecule has 0 radical (unpaired) electrons. The van der Waals surface area contributed by atoms with E-state index in [2.05, 4.69) is 13.0 Å². The molecule has 62 heavy (non-hydrogen) atoms. The van der Waals surface area contributed by atoms with Crippen molar-refractivity contribution in [3.05, 3.63) is 53.6 Å². The van der Waals surface area contributed by atoms with Gasteiger partial charge in [-0.15, -0.1) is 0 Å². The number of ether oxygens (including phenoxy) is 5. The molecule has 12 nitrogen and oxygen atoms in total. The van der Waals surface area contributed by atoms with E-state index in [9.17, 15) is 29.4 Å². The number of methoxy groups -OCH3 is 3. The predicted octanol–water partition coefficient (Wildman–Crippen LogP) is 7.22. The van der Waals surface area contributed by atoms with Crippen molar-refractivity contribution in [1.82, 2.24) is 4.90 Å². The third-order valence-electron chi connectivity index (χ3n) is 14.5. The normalized spacial score (nSPS) is 38.7. The van der Waals surface area contributed by atoms with E-state index in [-0.39, 0.29) is 61.4 Å². The second-order valence-corrected chi connectivity index (χ2v) is 19.0. The number of amides is 1. The lowest BCUT2D eigenvalue weighted by Crippen LogP contribution is -2.64. The summed E-state index contributed by atoms with van der Waals surface area (Å²) in [5, 5.41) is 24.0. The first-order valence-corrected chi connectivity index (χ1v) is 23.2. The number of aliphatic hydroxyl groups is 2. The van der Waals surface area contributed by atoms with Crippen molar-refractivity contribution >= 4 is 23.3 Å². The quantitative estimate of drug-likeness (QED) is 0.201. The summed E-state index contributed by atoms with van der Waals surface area (Å²) in [5.41, 5.74) is 1.95. The average molecular weight is 866 g/mol. The molecule has 1 amide bonds. The fourth-order valence-electron chi connectivity index (χ4n) is 10.7. The van der Waals surface area contributed by atoms with Crippen LogP contribution in [0.1, 0.15) is 119 Å². The van der Waals surface area contributed by atoms with Gasteiger partial charge in [0.15, 0.2) is 5.78 Å². The number of hydrogen-bond acceptors (Lipinski definition) is 11. The van der Waals surface area contributed by atoms with Crippen LogP contribution >= 0.6 is 0 Å². The number of para-hydroxylation sites is 1. The number of carbonyl (C=O) groups is 4. The van der Waals surface area contributed by atoms with E-state index >= 15 is 0 Å². The Morgan fingerprint density at radius 1 is 0.855 bits per heavy atom. The first-order chi connectivity index (χ1) is 29.5. The minimum Gasteiger partial charge on any atom is -0.488 e. The summed E-state index contributed by atoms with van der Waals surface area (Å²) in [7, 11) is 4.80. The minimum absolute atomic E-state index is 0.00402. The van der Waals surface area contributed by atoms with Crippen molar-refractivity contribution in [3.63, 3.8) is 0 Å². The molecule has 5 rings (SSSR count). The highest BCUT2D eigenvalue weighted by Crippen LogP contribution is 2.40. The Morgan fingerprint density at radius 3 is 2.19 bits per heavy atom. The van der Waals surface area contributed by atoms with E-state index < -0.39 is 71.6 Å². The number of rotatable bonds is 8. The number of benzene rings is 1. The molecule has 2 saturated heterocycles. The van der Waals surface area contributed by atoms with Gasteiger partial charge in [0.25, 0.3) is 11.7 Å². The molecule has 1 aliphatic carbocycles. The molecule has 4 aliphatic rings. The van der Waals surface area contributed by atoms with Crippen LogP contribution in [-0.4, -0.2) is 115 Å². The van der Waals surface area contributed by atoms with E-state index in [0.717, 1.165) is 29.7 Å². The van der Waals surface area contributed by atoms with E-state index in [1.54, 1.807) is 28.3 Å². The molecular formula is C50H75NO11. The number of aliphatic hydroxyl groups excluding tert-OH is 1. The molecule has 3 fully saturated rings. The predicted molar refractivity (Wildman–Crippen MR) is 236 cm³/mol. The number of ketones is 3. The van der Waals surface area contributed by atoms with E-state index in [1.807, 2.05) is 64.1 Å². The van der Waals surface area contributed by atoms with Gasteiger partial charge in [-0.2, -0.15) is 0 Å². The zero-order chi connectivity index (χ0) is 45.3. The lowest BCUT2D eigenvalue weighted by atomic mass is 9.75. The number of carbonyl (C=O) groups excluding carboxylic acids is 4. The van der Waals surface area contributed by atoms with Crippen molar-refractivity contribution in [1.29, 1.82) is 0 Å². The first kappa shape index (κ1) is 49.8. The molecule has 1 aromatic rings. The van der Waals surface area contributed by atoms with Crippen molar-refractivity contribution in [2.75, 3.05) is 27.9 Å². The van der Waals surface area contributed by atoms with E-state index in [4.69, 9.17) is 23.7 Å². The minimum atomic E-state index is -2.46. The average Bonchev–Trinajstić information content (AvgIpc) is 3.26. The highest BCUT2D eigenvalue weighted by atomic mass is 16.7. The summed E-state index contributed by atoms with van der Waals surface area (Å²) in [5.74, 6) is -5.97. The number of piperidine rings is 1. The van der Waals surface area contributed by atoms with Crippen LogP contribution < -0.4 is 4.74 Å². The number of allylic oxidation sites excluding steroid dienone is 4. The van der Waals surface area contributed by atoms with Gasteiger partial charge in [-0.3, -0.25) is 19.2 Å².